The Morgan fingerprint density at radius 2 is 1.09 bits per heavy atom. The van der Waals surface area contributed by atoms with Crippen molar-refractivity contribution in [3.05, 3.63) is 35.9 Å². The summed E-state index contributed by atoms with van der Waals surface area (Å²) in [6.45, 7) is 33.3. The van der Waals surface area contributed by atoms with E-state index in [-0.39, 0.29) is 33.2 Å². The predicted octanol–water partition coefficient (Wildman–Crippen LogP) is 4.23. The molecule has 0 radical (unpaired) electrons. The minimum absolute atomic E-state index is 0. The summed E-state index contributed by atoms with van der Waals surface area (Å²) in [7, 11) is -3.17. The van der Waals surface area contributed by atoms with Crippen molar-refractivity contribution < 1.29 is 54.3 Å². The second-order valence-electron chi connectivity index (χ2n) is 8.07. The van der Waals surface area contributed by atoms with Gasteiger partial charge in [-0.05, 0) is 17.4 Å². The van der Waals surface area contributed by atoms with Crippen molar-refractivity contribution in [2.75, 3.05) is 0 Å². The Morgan fingerprint density at radius 3 is 1.41 bits per heavy atom. The van der Waals surface area contributed by atoms with Crippen molar-refractivity contribution >= 4 is 58.2 Å². The Kier molecular flexibility index (Phi) is 30.0. The SMILES string of the molecule is CC1OC(c2ccccc2)P(C([Si](C)(C)C)[Si](C)(C)C)O1.[CH-]=O.[CH-]=O.[CH-]=O.[CH-]=O.[CH-]=O.[W]. The standard InChI is InChI=1S/C16H29O2PSi2.5CHO.W/c1-13-17-15(14-11-9-8-10-12-14)19(18-13)16(20(2,3)4)21(5,6)7;5*1-2;/h8-13,15-16H,1-7H3;5*1H;/q;5*-1;. The van der Waals surface area contributed by atoms with Gasteiger partial charge in [0.05, 0.1) is 24.3 Å². The van der Waals surface area contributed by atoms with E-state index in [4.69, 9.17) is 33.2 Å². The van der Waals surface area contributed by atoms with Crippen LogP contribution in [0.15, 0.2) is 30.3 Å². The van der Waals surface area contributed by atoms with Gasteiger partial charge in [0.2, 0.25) is 0 Å². The van der Waals surface area contributed by atoms with Crippen LogP contribution in [0.1, 0.15) is 18.3 Å². The second kappa shape index (κ2) is 23.2. The van der Waals surface area contributed by atoms with E-state index in [1.54, 1.807) is 0 Å². The molecule has 1 saturated heterocycles. The molecule has 1 heterocycles. The zero-order valence-electron chi connectivity index (χ0n) is 19.7. The average Bonchev–Trinajstić information content (AvgIpc) is 3.14. The molecule has 1 aliphatic heterocycles. The maximum absolute atomic E-state index is 7.75. The fourth-order valence-electron chi connectivity index (χ4n) is 3.59. The molecule has 3 atom stereocenters. The molecule has 0 N–H and O–H groups in total. The quantitative estimate of drug-likeness (QED) is 0.205. The summed E-state index contributed by atoms with van der Waals surface area (Å²) in [5.41, 5.74) is 1.29. The summed E-state index contributed by atoms with van der Waals surface area (Å²) in [6, 6.07) is 10.7. The van der Waals surface area contributed by atoms with E-state index in [0.29, 0.717) is 0 Å². The van der Waals surface area contributed by atoms with Crippen LogP contribution in [0.4, 0.5) is 0 Å². The molecular weight excluding hydrogens is 635 g/mol. The van der Waals surface area contributed by atoms with E-state index >= 15 is 0 Å². The van der Waals surface area contributed by atoms with Crippen molar-refractivity contribution in [2.45, 2.75) is 63.2 Å². The second-order valence-corrected chi connectivity index (χ2v) is 22.2. The predicted molar refractivity (Wildman–Crippen MR) is 132 cm³/mol. The van der Waals surface area contributed by atoms with Crippen LogP contribution in [0.2, 0.25) is 39.3 Å². The van der Waals surface area contributed by atoms with Crippen LogP contribution in [0.25, 0.3) is 0 Å². The topological polar surface area (TPSA) is 104 Å². The van der Waals surface area contributed by atoms with Crippen LogP contribution in [-0.4, -0.2) is 61.3 Å². The maximum Gasteiger partial charge on any atom is 0.160 e. The molecule has 184 valence electrons. The van der Waals surface area contributed by atoms with Crippen LogP contribution >= 0.6 is 8.15 Å². The normalized spacial score (nSPS) is 18.6. The molecule has 0 amide bonds. The summed E-state index contributed by atoms with van der Waals surface area (Å²) in [4.78, 5) is 39.5. The largest absolute Gasteiger partial charge is 0.545 e. The van der Waals surface area contributed by atoms with Crippen molar-refractivity contribution in [3.8, 4) is 0 Å². The zero-order chi connectivity index (χ0) is 25.8. The molecule has 1 fully saturated rings. The van der Waals surface area contributed by atoms with Crippen LogP contribution in [-0.2, 0) is 54.3 Å². The number of rotatable bonds is 4. The summed E-state index contributed by atoms with van der Waals surface area (Å²) >= 11 is 0. The number of benzene rings is 1. The van der Waals surface area contributed by atoms with E-state index in [2.05, 4.69) is 104 Å². The van der Waals surface area contributed by atoms with Gasteiger partial charge >= 0.3 is 0 Å². The minimum Gasteiger partial charge on any atom is -0.545 e. The van der Waals surface area contributed by atoms with Gasteiger partial charge in [0.25, 0.3) is 0 Å². The zero-order valence-corrected chi connectivity index (χ0v) is 25.5. The summed E-state index contributed by atoms with van der Waals surface area (Å²) in [5.74, 6) is 0.152. The van der Waals surface area contributed by atoms with Gasteiger partial charge < -0.3 is 33.2 Å². The van der Waals surface area contributed by atoms with Crippen LogP contribution in [0, 0.1) is 0 Å². The third-order valence-electron chi connectivity index (χ3n) is 3.80. The van der Waals surface area contributed by atoms with Gasteiger partial charge in [-0.15, -0.1) is 0 Å². The molecule has 0 spiro atoms. The Balaban J connectivity index is -0.000000195. The van der Waals surface area contributed by atoms with Crippen molar-refractivity contribution in [3.63, 3.8) is 0 Å². The number of carbonyl (C=O) groups excluding carboxylic acids is 5. The molecule has 0 aliphatic carbocycles. The molecule has 1 aromatic rings. The number of hydrogen-bond acceptors (Lipinski definition) is 7. The van der Waals surface area contributed by atoms with Crippen molar-refractivity contribution in [2.24, 2.45) is 0 Å². The Labute approximate surface area is 211 Å². The summed E-state index contributed by atoms with van der Waals surface area (Å²) in [6.07, 6.45) is -0.0727. The van der Waals surface area contributed by atoms with Crippen LogP contribution < -0.4 is 0 Å². The molecule has 32 heavy (non-hydrogen) atoms. The molecule has 2 rings (SSSR count). The summed E-state index contributed by atoms with van der Waals surface area (Å²) in [5, 5.41) is 0. The van der Waals surface area contributed by atoms with Gasteiger partial charge in [-0.25, -0.2) is 0 Å². The minimum atomic E-state index is -1.31. The molecule has 3 unspecified atom stereocenters. The average molecular weight is 669 g/mol. The smallest absolute Gasteiger partial charge is 0.160 e. The molecule has 0 aromatic heterocycles. The van der Waals surface area contributed by atoms with Gasteiger partial charge in [-0.1, -0.05) is 69.6 Å². The Morgan fingerprint density at radius 1 is 0.750 bits per heavy atom. The fourth-order valence-corrected chi connectivity index (χ4v) is 22.9. The molecule has 1 aromatic carbocycles. The fraction of sp³-hybridized carbons (Fsp3) is 0.476. The summed E-state index contributed by atoms with van der Waals surface area (Å²) < 4.78 is 12.5. The van der Waals surface area contributed by atoms with Crippen molar-refractivity contribution in [1.82, 2.24) is 0 Å². The van der Waals surface area contributed by atoms with Gasteiger partial charge in [0.15, 0.2) is 6.29 Å². The number of hydrogen-bond donors (Lipinski definition) is 0. The van der Waals surface area contributed by atoms with Gasteiger partial charge in [0, 0.05) is 21.1 Å². The first-order valence-electron chi connectivity index (χ1n) is 8.94. The molecule has 11 heteroatoms. The molecular formula is C21H34O7PSi2W-5. The molecule has 1 aliphatic rings. The van der Waals surface area contributed by atoms with E-state index in [1.807, 2.05) is 6.92 Å². The number of ether oxygens (including phenoxy) is 1. The van der Waals surface area contributed by atoms with E-state index in [1.165, 1.54) is 5.56 Å². The van der Waals surface area contributed by atoms with Crippen molar-refractivity contribution in [1.29, 1.82) is 0 Å². The van der Waals surface area contributed by atoms with Crippen LogP contribution in [0.5, 0.6) is 0 Å². The maximum atomic E-state index is 7.75. The van der Waals surface area contributed by atoms with E-state index in [0.717, 1.165) is 4.91 Å². The Bertz CT molecular complexity index is 534. The first kappa shape index (κ1) is 41.3. The molecule has 7 nitrogen and oxygen atoms in total. The third kappa shape index (κ3) is 15.0. The van der Waals surface area contributed by atoms with Gasteiger partial charge in [-0.3, -0.25) is 33.9 Å². The molecule has 0 bridgehead atoms. The third-order valence-corrected chi connectivity index (χ3v) is 20.4. The van der Waals surface area contributed by atoms with Gasteiger partial charge in [-0.2, -0.15) is 0 Å². The van der Waals surface area contributed by atoms with E-state index in [9.17, 15) is 0 Å². The Hall–Kier alpha value is -0.958. The molecule has 0 saturated carbocycles. The van der Waals surface area contributed by atoms with E-state index < -0.39 is 24.3 Å². The van der Waals surface area contributed by atoms with Gasteiger partial charge in [0.1, 0.15) is 5.85 Å². The first-order valence-corrected chi connectivity index (χ1v) is 17.5. The van der Waals surface area contributed by atoms with Crippen LogP contribution in [0.3, 0.4) is 0 Å². The first-order chi connectivity index (χ1) is 14.6. The monoisotopic (exact) mass is 669 g/mol.